The highest BCUT2D eigenvalue weighted by molar-refractivity contribution is 5.42. The molecule has 1 aliphatic heterocycles. The van der Waals surface area contributed by atoms with Gasteiger partial charge in [0.15, 0.2) is 0 Å². The van der Waals surface area contributed by atoms with Gasteiger partial charge in [0.2, 0.25) is 5.88 Å². The van der Waals surface area contributed by atoms with Gasteiger partial charge in [0.05, 0.1) is 13.7 Å². The Morgan fingerprint density at radius 3 is 3.05 bits per heavy atom. The molecule has 1 atom stereocenters. The highest BCUT2D eigenvalue weighted by Gasteiger charge is 2.23. The summed E-state index contributed by atoms with van der Waals surface area (Å²) in [6, 6.07) is 8.97. The highest BCUT2D eigenvalue weighted by atomic mass is 16.5. The molecule has 0 amide bonds. The monoisotopic (exact) mass is 287 g/mol. The number of aromatic nitrogens is 2. The lowest BCUT2D eigenvalue weighted by atomic mass is 10.1. The number of phenolic OH excluding ortho intramolecular Hbond substituents is 1. The minimum Gasteiger partial charge on any atom is -0.508 e. The zero-order valence-corrected chi connectivity index (χ0v) is 11.8. The second-order valence-corrected chi connectivity index (χ2v) is 4.82. The lowest BCUT2D eigenvalue weighted by Crippen LogP contribution is -2.38. The van der Waals surface area contributed by atoms with E-state index in [1.807, 2.05) is 18.2 Å². The number of benzene rings is 1. The van der Waals surface area contributed by atoms with Crippen molar-refractivity contribution in [3.63, 3.8) is 0 Å². The fourth-order valence-electron chi connectivity index (χ4n) is 2.40. The van der Waals surface area contributed by atoms with Gasteiger partial charge in [-0.25, -0.2) is 9.97 Å². The van der Waals surface area contributed by atoms with Crippen LogP contribution >= 0.6 is 0 Å². The van der Waals surface area contributed by atoms with Gasteiger partial charge in [-0.2, -0.15) is 0 Å². The van der Waals surface area contributed by atoms with E-state index in [2.05, 4.69) is 14.9 Å². The molecule has 2 aromatic rings. The number of methoxy groups -OCH3 is 1. The normalized spacial score (nSPS) is 18.5. The molecule has 1 aromatic carbocycles. The van der Waals surface area contributed by atoms with Crippen LogP contribution in [-0.4, -0.2) is 41.9 Å². The molecule has 21 heavy (non-hydrogen) atoms. The van der Waals surface area contributed by atoms with Gasteiger partial charge in [0.25, 0.3) is 0 Å². The van der Waals surface area contributed by atoms with E-state index in [1.165, 1.54) is 6.33 Å². The molecule has 110 valence electrons. The van der Waals surface area contributed by atoms with Crippen molar-refractivity contribution in [1.82, 2.24) is 9.97 Å². The van der Waals surface area contributed by atoms with Crippen LogP contribution in [0.3, 0.4) is 0 Å². The summed E-state index contributed by atoms with van der Waals surface area (Å²) < 4.78 is 10.9. The van der Waals surface area contributed by atoms with Gasteiger partial charge >= 0.3 is 0 Å². The molecule has 0 unspecified atom stereocenters. The van der Waals surface area contributed by atoms with E-state index in [-0.39, 0.29) is 11.9 Å². The van der Waals surface area contributed by atoms with Gasteiger partial charge in [-0.15, -0.1) is 0 Å². The topological polar surface area (TPSA) is 67.7 Å². The Morgan fingerprint density at radius 2 is 2.24 bits per heavy atom. The second-order valence-electron chi connectivity index (χ2n) is 4.82. The Balaban J connectivity index is 1.79. The summed E-state index contributed by atoms with van der Waals surface area (Å²) in [6.07, 6.45) is 1.40. The van der Waals surface area contributed by atoms with Gasteiger partial charge in [-0.1, -0.05) is 12.1 Å². The molecule has 1 N–H and O–H groups in total. The first kappa shape index (κ1) is 13.6. The molecule has 1 fully saturated rings. The molecular formula is C15H17N3O3. The van der Waals surface area contributed by atoms with Gasteiger partial charge in [-0.3, -0.25) is 0 Å². The Labute approximate surface area is 123 Å². The van der Waals surface area contributed by atoms with Crippen LogP contribution < -0.4 is 9.64 Å². The van der Waals surface area contributed by atoms with E-state index >= 15 is 0 Å². The van der Waals surface area contributed by atoms with Crippen molar-refractivity contribution in [1.29, 1.82) is 0 Å². The third kappa shape index (κ3) is 3.05. The number of phenols is 1. The van der Waals surface area contributed by atoms with Gasteiger partial charge in [0, 0.05) is 19.2 Å². The number of aromatic hydroxyl groups is 1. The molecule has 0 spiro atoms. The predicted molar refractivity (Wildman–Crippen MR) is 77.6 cm³/mol. The van der Waals surface area contributed by atoms with Crippen LogP contribution in [0.1, 0.15) is 11.7 Å². The fourth-order valence-corrected chi connectivity index (χ4v) is 2.40. The molecule has 1 aromatic heterocycles. The van der Waals surface area contributed by atoms with Crippen LogP contribution in [-0.2, 0) is 4.74 Å². The summed E-state index contributed by atoms with van der Waals surface area (Å²) in [5.74, 6) is 1.60. The largest absolute Gasteiger partial charge is 0.508 e. The van der Waals surface area contributed by atoms with E-state index in [4.69, 9.17) is 9.47 Å². The summed E-state index contributed by atoms with van der Waals surface area (Å²) in [5.41, 5.74) is 0.959. The number of ether oxygens (including phenoxy) is 2. The van der Waals surface area contributed by atoms with Gasteiger partial charge in [-0.05, 0) is 17.7 Å². The Bertz CT molecular complexity index is 621. The van der Waals surface area contributed by atoms with E-state index < -0.39 is 0 Å². The Morgan fingerprint density at radius 1 is 1.33 bits per heavy atom. The van der Waals surface area contributed by atoms with Crippen molar-refractivity contribution >= 4 is 5.82 Å². The molecule has 6 heteroatoms. The quantitative estimate of drug-likeness (QED) is 0.928. The summed E-state index contributed by atoms with van der Waals surface area (Å²) in [4.78, 5) is 10.4. The molecule has 0 bridgehead atoms. The van der Waals surface area contributed by atoms with Gasteiger partial charge < -0.3 is 19.5 Å². The van der Waals surface area contributed by atoms with Crippen LogP contribution in [0.15, 0.2) is 36.7 Å². The molecule has 1 saturated heterocycles. The van der Waals surface area contributed by atoms with Crippen LogP contribution in [0.25, 0.3) is 0 Å². The van der Waals surface area contributed by atoms with Crippen molar-refractivity contribution in [2.45, 2.75) is 6.10 Å². The molecule has 6 nitrogen and oxygen atoms in total. The molecule has 0 saturated carbocycles. The summed E-state index contributed by atoms with van der Waals surface area (Å²) in [7, 11) is 1.58. The van der Waals surface area contributed by atoms with Crippen molar-refractivity contribution in [2.75, 3.05) is 31.7 Å². The van der Waals surface area contributed by atoms with Crippen molar-refractivity contribution in [3.8, 4) is 11.6 Å². The molecular weight excluding hydrogens is 270 g/mol. The average Bonchev–Trinajstić information content (AvgIpc) is 2.55. The smallest absolute Gasteiger partial charge is 0.218 e. The fraction of sp³-hybridized carbons (Fsp3) is 0.333. The standard InChI is InChI=1S/C15H17N3O3/c1-20-15-8-14(16-10-17-15)18-5-6-21-13(9-18)11-3-2-4-12(19)7-11/h2-4,7-8,10,13,19H,5-6,9H2,1H3/t13-/m0/s1. The minimum absolute atomic E-state index is 0.0909. The summed E-state index contributed by atoms with van der Waals surface area (Å²) >= 11 is 0. The van der Waals surface area contributed by atoms with Crippen LogP contribution in [0.5, 0.6) is 11.6 Å². The maximum atomic E-state index is 9.59. The number of hydrogen-bond donors (Lipinski definition) is 1. The molecule has 0 radical (unpaired) electrons. The van der Waals surface area contributed by atoms with E-state index in [0.717, 1.165) is 17.9 Å². The zero-order chi connectivity index (χ0) is 14.7. The van der Waals surface area contributed by atoms with Crippen LogP contribution in [0.2, 0.25) is 0 Å². The Hall–Kier alpha value is -2.34. The third-order valence-corrected chi connectivity index (χ3v) is 3.47. The summed E-state index contributed by atoms with van der Waals surface area (Å²) in [6.45, 7) is 2.03. The van der Waals surface area contributed by atoms with E-state index in [1.54, 1.807) is 19.2 Å². The lowest BCUT2D eigenvalue weighted by molar-refractivity contribution is 0.0394. The first-order valence-corrected chi connectivity index (χ1v) is 6.78. The predicted octanol–water partition coefficient (Wildman–Crippen LogP) is 1.77. The Kier molecular flexibility index (Phi) is 3.87. The first-order valence-electron chi connectivity index (χ1n) is 6.78. The van der Waals surface area contributed by atoms with Crippen molar-refractivity contribution in [2.24, 2.45) is 0 Å². The average molecular weight is 287 g/mol. The number of hydrogen-bond acceptors (Lipinski definition) is 6. The van der Waals surface area contributed by atoms with E-state index in [0.29, 0.717) is 19.0 Å². The molecule has 3 rings (SSSR count). The minimum atomic E-state index is -0.0909. The SMILES string of the molecule is COc1cc(N2CCO[C@H](c3cccc(O)c3)C2)ncn1. The van der Waals surface area contributed by atoms with Gasteiger partial charge in [0.1, 0.15) is 24.0 Å². The van der Waals surface area contributed by atoms with E-state index in [9.17, 15) is 5.11 Å². The van der Waals surface area contributed by atoms with Crippen molar-refractivity contribution < 1.29 is 14.6 Å². The second kappa shape index (κ2) is 5.97. The number of rotatable bonds is 3. The number of nitrogens with zero attached hydrogens (tertiary/aromatic N) is 3. The zero-order valence-electron chi connectivity index (χ0n) is 11.8. The molecule has 1 aliphatic rings. The molecule has 2 heterocycles. The lowest BCUT2D eigenvalue weighted by Gasteiger charge is -2.34. The third-order valence-electron chi connectivity index (χ3n) is 3.47. The van der Waals surface area contributed by atoms with Crippen LogP contribution in [0, 0.1) is 0 Å². The van der Waals surface area contributed by atoms with Crippen LogP contribution in [0.4, 0.5) is 5.82 Å². The maximum absolute atomic E-state index is 9.59. The highest BCUT2D eigenvalue weighted by Crippen LogP contribution is 2.27. The molecule has 0 aliphatic carbocycles. The van der Waals surface area contributed by atoms with Crippen molar-refractivity contribution in [3.05, 3.63) is 42.2 Å². The number of morpholine rings is 1. The first-order chi connectivity index (χ1) is 10.3. The maximum Gasteiger partial charge on any atom is 0.218 e. The summed E-state index contributed by atoms with van der Waals surface area (Å²) in [5, 5.41) is 9.59. The number of anilines is 1.